The monoisotopic (exact) mass is 611 g/mol. The van der Waals surface area contributed by atoms with E-state index in [1.807, 2.05) is 6.92 Å². The molecule has 0 unspecified atom stereocenters. The molecule has 3 aliphatic rings. The summed E-state index contributed by atoms with van der Waals surface area (Å²) >= 11 is 1.64. The molecule has 3 aliphatic heterocycles. The summed E-state index contributed by atoms with van der Waals surface area (Å²) < 4.78 is 32.7. The predicted molar refractivity (Wildman–Crippen MR) is 171 cm³/mol. The number of benzene rings is 1. The van der Waals surface area contributed by atoms with E-state index in [-0.39, 0.29) is 6.04 Å². The van der Waals surface area contributed by atoms with Gasteiger partial charge in [0.05, 0.1) is 5.39 Å². The van der Waals surface area contributed by atoms with Crippen molar-refractivity contribution in [3.05, 3.63) is 42.3 Å². The number of rotatable bonds is 8. The second-order valence-corrected chi connectivity index (χ2v) is 14.6. The second-order valence-electron chi connectivity index (χ2n) is 11.7. The van der Waals surface area contributed by atoms with Crippen LogP contribution in [-0.2, 0) is 10.0 Å². The highest BCUT2D eigenvalue weighted by Gasteiger charge is 2.32. The lowest BCUT2D eigenvalue weighted by molar-refractivity contribution is 0.188. The minimum Gasteiger partial charge on any atom is -0.462 e. The van der Waals surface area contributed by atoms with Crippen molar-refractivity contribution in [1.82, 2.24) is 24.1 Å². The first kappa shape index (κ1) is 29.3. The summed E-state index contributed by atoms with van der Waals surface area (Å²) in [5.41, 5.74) is 2.40. The lowest BCUT2D eigenvalue weighted by atomic mass is 10.1. The van der Waals surface area contributed by atoms with Crippen molar-refractivity contribution in [2.24, 2.45) is 0 Å². The molecule has 0 aliphatic carbocycles. The van der Waals surface area contributed by atoms with Gasteiger partial charge in [0.15, 0.2) is 0 Å². The number of thiophene rings is 1. The van der Waals surface area contributed by atoms with Gasteiger partial charge >= 0.3 is 6.01 Å². The third kappa shape index (κ3) is 6.00. The summed E-state index contributed by atoms with van der Waals surface area (Å²) in [5.74, 6) is 0.800. The number of piperazine rings is 2. The van der Waals surface area contributed by atoms with Crippen molar-refractivity contribution < 1.29 is 13.2 Å². The average molecular weight is 612 g/mol. The fourth-order valence-corrected chi connectivity index (χ4v) is 8.14. The maximum Gasteiger partial charge on any atom is 0.319 e. The fourth-order valence-electron chi connectivity index (χ4n) is 6.15. The van der Waals surface area contributed by atoms with Crippen molar-refractivity contribution in [3.63, 3.8) is 0 Å². The van der Waals surface area contributed by atoms with Crippen LogP contribution in [0.3, 0.4) is 0 Å². The number of likely N-dealkylation sites (N-methyl/N-ethyl adjacent to an activating group) is 2. The van der Waals surface area contributed by atoms with E-state index in [4.69, 9.17) is 14.7 Å². The van der Waals surface area contributed by atoms with Gasteiger partial charge in [0, 0.05) is 73.9 Å². The Morgan fingerprint density at radius 2 is 1.81 bits per heavy atom. The van der Waals surface area contributed by atoms with Crippen LogP contribution in [0.2, 0.25) is 0 Å². The summed E-state index contributed by atoms with van der Waals surface area (Å²) in [6, 6.07) is 11.7. The minimum atomic E-state index is -3.48. The van der Waals surface area contributed by atoms with Crippen LogP contribution in [0.15, 0.2) is 42.3 Å². The van der Waals surface area contributed by atoms with Crippen LogP contribution in [-0.4, -0.2) is 118 Å². The highest BCUT2D eigenvalue weighted by molar-refractivity contribution is 7.92. The van der Waals surface area contributed by atoms with E-state index in [1.165, 1.54) is 16.4 Å². The molecule has 0 N–H and O–H groups in total. The van der Waals surface area contributed by atoms with Crippen LogP contribution in [0.25, 0.3) is 20.7 Å². The van der Waals surface area contributed by atoms with Gasteiger partial charge in [-0.2, -0.15) is 14.3 Å². The Kier molecular flexibility index (Phi) is 8.43. The van der Waals surface area contributed by atoms with E-state index >= 15 is 0 Å². The molecule has 3 fully saturated rings. The molecule has 1 aromatic carbocycles. The molecule has 2 aromatic heterocycles. The number of sulfonamides is 1. The summed E-state index contributed by atoms with van der Waals surface area (Å²) in [7, 11) is 0.832. The first-order valence-corrected chi connectivity index (χ1v) is 17.1. The maximum atomic E-state index is 12.5. The highest BCUT2D eigenvalue weighted by Crippen LogP contribution is 2.39. The first-order valence-electron chi connectivity index (χ1n) is 14.8. The standard InChI is InChI=1S/C30H41N7O3S2/c1-5-42(38,39)36-17-18-37(22(2)20-36)28-26-19-27(23-8-10-24(11-9-23)35-15-13-33(3)14-16-35)41-29(26)32-30(31-28)40-21-25-7-6-12-34(25)4/h5,8-11,19,22,25H,1,6-7,12-18,20-21H2,2-4H3/t22-,25+/m0/s1. The van der Waals surface area contributed by atoms with Crippen LogP contribution in [0.4, 0.5) is 11.5 Å². The van der Waals surface area contributed by atoms with Crippen LogP contribution in [0.1, 0.15) is 19.8 Å². The van der Waals surface area contributed by atoms with Crippen molar-refractivity contribution in [2.45, 2.75) is 31.8 Å². The molecule has 0 radical (unpaired) electrons. The normalized spacial score (nSPS) is 23.1. The Morgan fingerprint density at radius 1 is 1.05 bits per heavy atom. The molecule has 0 bridgehead atoms. The van der Waals surface area contributed by atoms with Crippen molar-refractivity contribution in [3.8, 4) is 16.5 Å². The molecule has 0 saturated carbocycles. The highest BCUT2D eigenvalue weighted by atomic mass is 32.2. The van der Waals surface area contributed by atoms with Gasteiger partial charge in [-0.25, -0.2) is 8.42 Å². The number of hydrogen-bond acceptors (Lipinski definition) is 10. The minimum absolute atomic E-state index is 0.0772. The molecule has 10 nitrogen and oxygen atoms in total. The van der Waals surface area contributed by atoms with Crippen LogP contribution in [0, 0.1) is 0 Å². The summed E-state index contributed by atoms with van der Waals surface area (Å²) in [5, 5.41) is 2.00. The Labute approximate surface area is 253 Å². The number of likely N-dealkylation sites (tertiary alicyclic amines) is 1. The van der Waals surface area contributed by atoms with E-state index < -0.39 is 10.0 Å². The zero-order valence-electron chi connectivity index (χ0n) is 24.8. The van der Waals surface area contributed by atoms with Gasteiger partial charge in [-0.15, -0.1) is 11.3 Å². The van der Waals surface area contributed by atoms with Gasteiger partial charge < -0.3 is 24.3 Å². The smallest absolute Gasteiger partial charge is 0.319 e. The summed E-state index contributed by atoms with van der Waals surface area (Å²) in [6.07, 6.45) is 2.28. The first-order chi connectivity index (χ1) is 20.2. The van der Waals surface area contributed by atoms with Gasteiger partial charge in [0.25, 0.3) is 0 Å². The molecular weight excluding hydrogens is 571 g/mol. The van der Waals surface area contributed by atoms with E-state index in [2.05, 4.69) is 70.6 Å². The topological polar surface area (TPSA) is 85.3 Å². The predicted octanol–water partition coefficient (Wildman–Crippen LogP) is 3.57. The molecule has 5 heterocycles. The lowest BCUT2D eigenvalue weighted by Crippen LogP contribution is -2.53. The summed E-state index contributed by atoms with van der Waals surface area (Å²) in [6.45, 7) is 12.7. The molecule has 226 valence electrons. The largest absolute Gasteiger partial charge is 0.462 e. The number of fused-ring (bicyclic) bond motifs is 1. The Morgan fingerprint density at radius 3 is 2.48 bits per heavy atom. The molecular formula is C30H41N7O3S2. The van der Waals surface area contributed by atoms with Gasteiger partial charge in [-0.1, -0.05) is 18.7 Å². The van der Waals surface area contributed by atoms with Gasteiger partial charge in [-0.05, 0) is 64.2 Å². The SMILES string of the molecule is C=CS(=O)(=O)N1CCN(c2nc(OC[C@H]3CCCN3C)nc3sc(-c4ccc(N5CCN(C)CC5)cc4)cc23)[C@@H](C)C1. The third-order valence-electron chi connectivity index (χ3n) is 8.88. The van der Waals surface area contributed by atoms with Crippen LogP contribution in [0.5, 0.6) is 6.01 Å². The quantitative estimate of drug-likeness (QED) is 0.380. The lowest BCUT2D eigenvalue weighted by Gasteiger charge is -2.39. The Hall–Kier alpha value is -2.77. The molecule has 0 spiro atoms. The zero-order valence-corrected chi connectivity index (χ0v) is 26.4. The zero-order chi connectivity index (χ0) is 29.4. The van der Waals surface area contributed by atoms with E-state index in [0.29, 0.717) is 38.3 Å². The van der Waals surface area contributed by atoms with Gasteiger partial charge in [-0.3, -0.25) is 0 Å². The van der Waals surface area contributed by atoms with Crippen molar-refractivity contribution >= 4 is 43.1 Å². The summed E-state index contributed by atoms with van der Waals surface area (Å²) in [4.78, 5) is 21.1. The Balaban J connectivity index is 1.30. The molecule has 6 rings (SSSR count). The fraction of sp³-hybridized carbons (Fsp3) is 0.533. The molecule has 42 heavy (non-hydrogen) atoms. The molecule has 2 atom stereocenters. The number of hydrogen-bond donors (Lipinski definition) is 0. The number of nitrogens with zero attached hydrogens (tertiary/aromatic N) is 7. The van der Waals surface area contributed by atoms with Crippen molar-refractivity contribution in [2.75, 3.05) is 82.9 Å². The molecule has 0 amide bonds. The maximum absolute atomic E-state index is 12.5. The Bertz CT molecular complexity index is 1520. The van der Waals surface area contributed by atoms with E-state index in [1.54, 1.807) is 11.3 Å². The molecule has 3 aromatic rings. The molecule has 12 heteroatoms. The average Bonchev–Trinajstić information content (AvgIpc) is 3.62. The van der Waals surface area contributed by atoms with E-state index in [9.17, 15) is 8.42 Å². The number of aromatic nitrogens is 2. The molecule has 3 saturated heterocycles. The van der Waals surface area contributed by atoms with Gasteiger partial charge in [0.2, 0.25) is 10.0 Å². The second kappa shape index (κ2) is 12.1. The third-order valence-corrected chi connectivity index (χ3v) is 11.4. The van der Waals surface area contributed by atoms with Crippen molar-refractivity contribution in [1.29, 1.82) is 0 Å². The number of ether oxygens (including phenoxy) is 1. The van der Waals surface area contributed by atoms with Crippen LogP contribution < -0.4 is 14.5 Å². The van der Waals surface area contributed by atoms with Gasteiger partial charge in [0.1, 0.15) is 17.3 Å². The van der Waals surface area contributed by atoms with Crippen LogP contribution >= 0.6 is 11.3 Å². The number of anilines is 2. The van der Waals surface area contributed by atoms with E-state index in [0.717, 1.165) is 71.0 Å².